The third-order valence-corrected chi connectivity index (χ3v) is 5.25. The van der Waals surface area contributed by atoms with E-state index < -0.39 is 5.54 Å². The van der Waals surface area contributed by atoms with E-state index in [2.05, 4.69) is 25.6 Å². The van der Waals surface area contributed by atoms with Crippen molar-refractivity contribution in [1.82, 2.24) is 20.3 Å². The molecule has 0 aliphatic heterocycles. The van der Waals surface area contributed by atoms with Crippen LogP contribution in [0.2, 0.25) is 0 Å². The highest BCUT2D eigenvalue weighted by Crippen LogP contribution is 2.33. The lowest BCUT2D eigenvalue weighted by molar-refractivity contribution is 0.0951. The van der Waals surface area contributed by atoms with E-state index in [4.69, 9.17) is 0 Å². The summed E-state index contributed by atoms with van der Waals surface area (Å²) in [5.74, 6) is 0.616. The van der Waals surface area contributed by atoms with E-state index in [1.165, 1.54) is 0 Å². The van der Waals surface area contributed by atoms with Crippen molar-refractivity contribution < 1.29 is 9.90 Å². The lowest BCUT2D eigenvalue weighted by atomic mass is 9.97. The molecule has 0 spiro atoms. The van der Waals surface area contributed by atoms with E-state index in [9.17, 15) is 9.90 Å². The highest BCUT2D eigenvalue weighted by molar-refractivity contribution is 5.96. The third-order valence-electron chi connectivity index (χ3n) is 5.25. The lowest BCUT2D eigenvalue weighted by Gasteiger charge is -2.25. The largest absolute Gasteiger partial charge is 0.394 e. The van der Waals surface area contributed by atoms with E-state index in [-0.39, 0.29) is 12.5 Å². The fourth-order valence-electron chi connectivity index (χ4n) is 3.25. The number of aromatic nitrogens is 3. The Hall–Kier alpha value is -3.19. The highest BCUT2D eigenvalue weighted by Gasteiger charge is 2.24. The van der Waals surface area contributed by atoms with E-state index in [1.54, 1.807) is 18.7 Å². The van der Waals surface area contributed by atoms with Gasteiger partial charge < -0.3 is 20.7 Å². The van der Waals surface area contributed by atoms with Gasteiger partial charge in [-0.25, -0.2) is 9.97 Å². The Morgan fingerprint density at radius 1 is 1.23 bits per heavy atom. The minimum Gasteiger partial charge on any atom is -0.394 e. The maximum Gasteiger partial charge on any atom is 0.251 e. The van der Waals surface area contributed by atoms with Gasteiger partial charge in [-0.1, -0.05) is 6.07 Å². The zero-order valence-corrected chi connectivity index (χ0v) is 17.5. The van der Waals surface area contributed by atoms with Crippen LogP contribution in [0.25, 0.3) is 22.4 Å². The van der Waals surface area contributed by atoms with Gasteiger partial charge in [-0.2, -0.15) is 0 Å². The monoisotopic (exact) mass is 405 g/mol. The van der Waals surface area contributed by atoms with Crippen LogP contribution in [-0.2, 0) is 0 Å². The van der Waals surface area contributed by atoms with Crippen molar-refractivity contribution in [2.75, 3.05) is 11.9 Å². The lowest BCUT2D eigenvalue weighted by Crippen LogP contribution is -2.35. The molecule has 7 heteroatoms. The molecular formula is C23H27N5O2. The van der Waals surface area contributed by atoms with Gasteiger partial charge in [-0.05, 0) is 62.9 Å². The van der Waals surface area contributed by atoms with Crippen LogP contribution in [0, 0.1) is 6.92 Å². The summed E-state index contributed by atoms with van der Waals surface area (Å²) < 4.78 is 0. The quantitative estimate of drug-likeness (QED) is 0.482. The van der Waals surface area contributed by atoms with Crippen LogP contribution in [0.5, 0.6) is 0 Å². The fourth-order valence-corrected chi connectivity index (χ4v) is 3.25. The van der Waals surface area contributed by atoms with Crippen LogP contribution in [0.15, 0.2) is 43.0 Å². The van der Waals surface area contributed by atoms with Crippen LogP contribution in [0.4, 0.5) is 5.82 Å². The molecule has 7 nitrogen and oxygen atoms in total. The number of aromatic amines is 1. The molecule has 1 aromatic carbocycles. The minimum atomic E-state index is -0.528. The molecule has 156 valence electrons. The molecule has 0 unspecified atom stereocenters. The Kier molecular flexibility index (Phi) is 5.30. The van der Waals surface area contributed by atoms with Crippen molar-refractivity contribution in [2.45, 2.75) is 45.2 Å². The Balaban J connectivity index is 1.74. The van der Waals surface area contributed by atoms with Crippen molar-refractivity contribution in [3.63, 3.8) is 0 Å². The first-order valence-corrected chi connectivity index (χ1v) is 10.2. The Morgan fingerprint density at radius 3 is 2.70 bits per heavy atom. The summed E-state index contributed by atoms with van der Waals surface area (Å²) in [6.45, 7) is 5.81. The van der Waals surface area contributed by atoms with Gasteiger partial charge in [0.15, 0.2) is 0 Å². The number of hydrogen-bond donors (Lipinski definition) is 4. The van der Waals surface area contributed by atoms with Crippen LogP contribution >= 0.6 is 0 Å². The average molecular weight is 406 g/mol. The number of pyridine rings is 1. The first kappa shape index (κ1) is 20.1. The molecule has 3 aromatic rings. The van der Waals surface area contributed by atoms with Gasteiger partial charge in [0, 0.05) is 28.9 Å². The number of carbonyl (C=O) groups is 1. The number of rotatable bonds is 7. The number of nitrogens with zero attached hydrogens (tertiary/aromatic N) is 2. The van der Waals surface area contributed by atoms with Gasteiger partial charge in [0.2, 0.25) is 0 Å². The number of aliphatic hydroxyl groups is 1. The highest BCUT2D eigenvalue weighted by atomic mass is 16.3. The van der Waals surface area contributed by atoms with Crippen molar-refractivity contribution in [3.05, 3.63) is 54.1 Å². The second-order valence-corrected chi connectivity index (χ2v) is 8.53. The smallest absolute Gasteiger partial charge is 0.251 e. The normalized spacial score (nSPS) is 13.9. The molecule has 1 saturated carbocycles. The summed E-state index contributed by atoms with van der Waals surface area (Å²) in [6, 6.07) is 8.09. The molecule has 0 saturated heterocycles. The maximum atomic E-state index is 12.5. The Morgan fingerprint density at radius 2 is 2.03 bits per heavy atom. The van der Waals surface area contributed by atoms with E-state index in [1.807, 2.05) is 45.0 Å². The molecule has 1 amide bonds. The molecule has 2 heterocycles. The fraction of sp³-hybridized carbons (Fsp3) is 0.348. The van der Waals surface area contributed by atoms with E-state index >= 15 is 0 Å². The average Bonchev–Trinajstić information content (AvgIpc) is 3.37. The first-order chi connectivity index (χ1) is 14.4. The number of H-pyrrole nitrogens is 1. The van der Waals surface area contributed by atoms with Crippen molar-refractivity contribution >= 4 is 11.7 Å². The summed E-state index contributed by atoms with van der Waals surface area (Å²) >= 11 is 0. The predicted molar refractivity (Wildman–Crippen MR) is 117 cm³/mol. The van der Waals surface area contributed by atoms with Crippen LogP contribution < -0.4 is 10.6 Å². The number of aliphatic hydroxyl groups excluding tert-OH is 1. The number of imidazole rings is 1. The number of nitrogens with one attached hydrogen (secondary N) is 3. The second-order valence-electron chi connectivity index (χ2n) is 8.53. The van der Waals surface area contributed by atoms with E-state index in [0.29, 0.717) is 17.4 Å². The summed E-state index contributed by atoms with van der Waals surface area (Å²) in [4.78, 5) is 24.4. The van der Waals surface area contributed by atoms with Crippen LogP contribution in [-0.4, -0.2) is 44.2 Å². The summed E-state index contributed by atoms with van der Waals surface area (Å²) in [7, 11) is 0. The number of hydrogen-bond acceptors (Lipinski definition) is 5. The van der Waals surface area contributed by atoms with Gasteiger partial charge >= 0.3 is 0 Å². The molecule has 2 aromatic heterocycles. The molecule has 0 radical (unpaired) electrons. The predicted octanol–water partition coefficient (Wildman–Crippen LogP) is 3.52. The third kappa shape index (κ3) is 4.36. The maximum absolute atomic E-state index is 12.5. The molecule has 1 fully saturated rings. The summed E-state index contributed by atoms with van der Waals surface area (Å²) in [5.41, 5.74) is 4.71. The molecule has 0 bridgehead atoms. The molecule has 4 rings (SSSR count). The standard InChI is InChI=1S/C23H27N5O2/c1-14-4-5-15(22(30)27-17-6-7-17)8-18(14)16-9-19(20-11-24-13-26-20)21(25-10-16)28-23(2,3)12-29/h4-5,8-11,13,17,29H,6-7,12H2,1-3H3,(H,24,26)(H,25,28)(H,27,30). The topological polar surface area (TPSA) is 103 Å². The van der Waals surface area contributed by atoms with Gasteiger partial charge in [0.25, 0.3) is 5.91 Å². The zero-order chi connectivity index (χ0) is 21.3. The number of anilines is 1. The Bertz CT molecular complexity index is 1060. The molecule has 1 aliphatic rings. The number of aryl methyl sites for hydroxylation is 1. The second kappa shape index (κ2) is 7.91. The van der Waals surface area contributed by atoms with Crippen molar-refractivity contribution in [3.8, 4) is 22.4 Å². The number of amides is 1. The molecule has 4 N–H and O–H groups in total. The molecule has 1 aliphatic carbocycles. The van der Waals surface area contributed by atoms with Gasteiger partial charge in [0.1, 0.15) is 5.82 Å². The summed E-state index contributed by atoms with van der Waals surface area (Å²) in [6.07, 6.45) is 7.27. The van der Waals surface area contributed by atoms with Crippen molar-refractivity contribution in [1.29, 1.82) is 0 Å². The molecule has 0 atom stereocenters. The number of benzene rings is 1. The van der Waals surface area contributed by atoms with Gasteiger partial charge in [-0.3, -0.25) is 4.79 Å². The number of carbonyl (C=O) groups excluding carboxylic acids is 1. The summed E-state index contributed by atoms with van der Waals surface area (Å²) in [5, 5.41) is 16.0. The van der Waals surface area contributed by atoms with Crippen LogP contribution in [0.3, 0.4) is 0 Å². The van der Waals surface area contributed by atoms with Gasteiger partial charge in [0.05, 0.1) is 30.4 Å². The van der Waals surface area contributed by atoms with Crippen LogP contribution in [0.1, 0.15) is 42.6 Å². The Labute approximate surface area is 176 Å². The minimum absolute atomic E-state index is 0.0316. The van der Waals surface area contributed by atoms with Crippen molar-refractivity contribution in [2.24, 2.45) is 0 Å². The molecular weight excluding hydrogens is 378 g/mol. The zero-order valence-electron chi connectivity index (χ0n) is 17.5. The molecule has 30 heavy (non-hydrogen) atoms. The first-order valence-electron chi connectivity index (χ1n) is 10.2. The van der Waals surface area contributed by atoms with Gasteiger partial charge in [-0.15, -0.1) is 0 Å². The van der Waals surface area contributed by atoms with E-state index in [0.717, 1.165) is 40.8 Å². The SMILES string of the molecule is Cc1ccc(C(=O)NC2CC2)cc1-c1cnc(NC(C)(C)CO)c(-c2cnc[nH]2)c1.